The summed E-state index contributed by atoms with van der Waals surface area (Å²) < 4.78 is 0. The molecule has 0 heterocycles. The summed E-state index contributed by atoms with van der Waals surface area (Å²) in [6.45, 7) is 22.0. The molecule has 2 aromatic rings. The topological polar surface area (TPSA) is 0 Å². The molecule has 0 aromatic heterocycles. The van der Waals surface area contributed by atoms with E-state index in [9.17, 15) is 0 Å². The van der Waals surface area contributed by atoms with E-state index < -0.39 is 0 Å². The zero-order valence-corrected chi connectivity index (χ0v) is 18.5. The molecule has 2 heteroatoms. The first kappa shape index (κ1) is 24.1. The molecule has 22 heavy (non-hydrogen) atoms. The Balaban J connectivity index is 0. The first-order valence-electron chi connectivity index (χ1n) is 7.50. The minimum Gasteiger partial charge on any atom is -1.00 e. The molecule has 0 aliphatic heterocycles. The van der Waals surface area contributed by atoms with E-state index in [1.165, 1.54) is 55.6 Å². The van der Waals surface area contributed by atoms with Crippen LogP contribution >= 0.6 is 0 Å². The third kappa shape index (κ3) is 4.45. The Labute approximate surface area is 162 Å². The Morgan fingerprint density at radius 1 is 0.455 bits per heavy atom. The van der Waals surface area contributed by atoms with Crippen LogP contribution in [0.5, 0.6) is 0 Å². The molecule has 0 spiro atoms. The average Bonchev–Trinajstić information content (AvgIpc) is 2.71. The molecule has 0 N–H and O–H groups in total. The van der Waals surface area contributed by atoms with Crippen molar-refractivity contribution < 1.29 is 38.3 Å². The van der Waals surface area contributed by atoms with Crippen LogP contribution in [-0.4, -0.2) is 0 Å². The maximum Gasteiger partial charge on any atom is 3.00 e. The Morgan fingerprint density at radius 3 is 0.636 bits per heavy atom. The zero-order chi connectivity index (χ0) is 15.8. The van der Waals surface area contributed by atoms with E-state index in [0.29, 0.717) is 0 Å². The van der Waals surface area contributed by atoms with Crippen molar-refractivity contribution in [2.45, 2.75) is 69.2 Å². The third-order valence-corrected chi connectivity index (χ3v) is 5.62. The number of rotatable bonds is 0. The molecule has 0 bridgehead atoms. The molecular weight excluding hydrogens is 321 g/mol. The van der Waals surface area contributed by atoms with Gasteiger partial charge in [0, 0.05) is 0 Å². The van der Waals surface area contributed by atoms with Gasteiger partial charge in [0.2, 0.25) is 0 Å². The van der Waals surface area contributed by atoms with Crippen molar-refractivity contribution in [2.24, 2.45) is 0 Å². The third-order valence-electron chi connectivity index (χ3n) is 5.62. The molecule has 0 atom stereocenters. The van der Waals surface area contributed by atoms with Gasteiger partial charge in [-0.05, 0) is 0 Å². The Hall–Kier alpha value is -0.140. The summed E-state index contributed by atoms with van der Waals surface area (Å²) in [6, 6.07) is 0. The summed E-state index contributed by atoms with van der Waals surface area (Å²) in [4.78, 5) is 0. The van der Waals surface area contributed by atoms with Crippen molar-refractivity contribution in [3.63, 3.8) is 0 Å². The standard InChI is InChI=1S/2C10H15.ClH.Sc/c2*1-6-7(2)9(4)10(5)8(6)3;;/h2*1-5H3;1H;/q2*-1;;+3/p-1. The van der Waals surface area contributed by atoms with Gasteiger partial charge in [-0.15, -0.1) is 0 Å². The quantitative estimate of drug-likeness (QED) is 0.641. The maximum atomic E-state index is 2.20. The van der Waals surface area contributed by atoms with Gasteiger partial charge in [0.15, 0.2) is 0 Å². The van der Waals surface area contributed by atoms with Crippen LogP contribution in [0, 0.1) is 69.2 Å². The second-order valence-electron chi connectivity index (χ2n) is 6.25. The van der Waals surface area contributed by atoms with Gasteiger partial charge in [-0.2, -0.15) is 55.6 Å². The van der Waals surface area contributed by atoms with Crippen LogP contribution in [0.1, 0.15) is 55.6 Å². The maximum absolute atomic E-state index is 2.20. The first-order valence-corrected chi connectivity index (χ1v) is 7.50. The Morgan fingerprint density at radius 2 is 0.591 bits per heavy atom. The van der Waals surface area contributed by atoms with Crippen LogP contribution < -0.4 is 12.4 Å². The van der Waals surface area contributed by atoms with Crippen LogP contribution in [0.25, 0.3) is 0 Å². The largest absolute Gasteiger partial charge is 3.00 e. The molecule has 0 amide bonds. The van der Waals surface area contributed by atoms with Crippen molar-refractivity contribution in [2.75, 3.05) is 0 Å². The molecule has 2 aromatic carbocycles. The van der Waals surface area contributed by atoms with Crippen LogP contribution in [0.2, 0.25) is 0 Å². The van der Waals surface area contributed by atoms with Crippen LogP contribution in [0.3, 0.4) is 0 Å². The van der Waals surface area contributed by atoms with Crippen LogP contribution in [0.15, 0.2) is 0 Å². The molecule has 0 unspecified atom stereocenters. The van der Waals surface area contributed by atoms with Gasteiger partial charge in [-0.3, -0.25) is 0 Å². The Bertz CT molecular complexity index is 410. The summed E-state index contributed by atoms with van der Waals surface area (Å²) in [5.74, 6) is 0. The summed E-state index contributed by atoms with van der Waals surface area (Å²) in [6.07, 6.45) is 0. The molecule has 2 rings (SSSR count). The van der Waals surface area contributed by atoms with Gasteiger partial charge in [-0.1, -0.05) is 69.2 Å². The van der Waals surface area contributed by atoms with Crippen molar-refractivity contribution in [1.82, 2.24) is 0 Å². The molecule has 0 radical (unpaired) electrons. The van der Waals surface area contributed by atoms with Gasteiger partial charge in [0.1, 0.15) is 0 Å². The monoisotopic (exact) mass is 350 g/mol. The van der Waals surface area contributed by atoms with E-state index in [0.717, 1.165) is 0 Å². The van der Waals surface area contributed by atoms with Gasteiger partial charge in [0.25, 0.3) is 0 Å². The molecule has 0 nitrogen and oxygen atoms in total. The molecule has 120 valence electrons. The number of hydrogen-bond acceptors (Lipinski definition) is 0. The first-order chi connectivity index (χ1) is 9.11. The number of halogens is 1. The van der Waals surface area contributed by atoms with Gasteiger partial charge >= 0.3 is 25.8 Å². The minimum absolute atomic E-state index is 0. The summed E-state index contributed by atoms with van der Waals surface area (Å²) in [5.41, 5.74) is 14.7. The minimum atomic E-state index is 0. The van der Waals surface area contributed by atoms with E-state index in [4.69, 9.17) is 0 Å². The van der Waals surface area contributed by atoms with Crippen molar-refractivity contribution in [1.29, 1.82) is 0 Å². The second kappa shape index (κ2) is 9.23. The molecule has 0 aliphatic rings. The summed E-state index contributed by atoms with van der Waals surface area (Å²) in [5, 5.41) is 0. The van der Waals surface area contributed by atoms with E-state index in [-0.39, 0.29) is 38.3 Å². The second-order valence-corrected chi connectivity index (χ2v) is 6.25. The van der Waals surface area contributed by atoms with E-state index in [1.54, 1.807) is 0 Å². The van der Waals surface area contributed by atoms with Crippen molar-refractivity contribution in [3.05, 3.63) is 55.6 Å². The molecule has 0 fully saturated rings. The predicted octanol–water partition coefficient (Wildman–Crippen LogP) is 2.90. The molecular formula is C20H30ClSc. The van der Waals surface area contributed by atoms with E-state index in [1.807, 2.05) is 0 Å². The van der Waals surface area contributed by atoms with Gasteiger partial charge in [-0.25, -0.2) is 0 Å². The number of hydrogen-bond donors (Lipinski definition) is 0. The Kier molecular flexibility index (Phi) is 10.1. The van der Waals surface area contributed by atoms with Crippen molar-refractivity contribution >= 4 is 0 Å². The fraction of sp³-hybridized carbons (Fsp3) is 0.500. The van der Waals surface area contributed by atoms with Crippen LogP contribution in [0.4, 0.5) is 0 Å². The average molecular weight is 351 g/mol. The summed E-state index contributed by atoms with van der Waals surface area (Å²) >= 11 is 0. The van der Waals surface area contributed by atoms with Crippen LogP contribution in [-0.2, 0) is 25.8 Å². The zero-order valence-electron chi connectivity index (χ0n) is 16.0. The fourth-order valence-electron chi connectivity index (χ4n) is 2.81. The van der Waals surface area contributed by atoms with Gasteiger partial charge in [0.05, 0.1) is 0 Å². The SMILES string of the molecule is Cc1c(C)c(C)[c-](C)c1C.Cc1c(C)c(C)[c-](C)c1C.[Cl-].[Sc+3]. The van der Waals surface area contributed by atoms with Gasteiger partial charge < -0.3 is 12.4 Å². The fourth-order valence-corrected chi connectivity index (χ4v) is 2.81. The normalized spacial score (nSPS) is 9.55. The smallest absolute Gasteiger partial charge is 1.00 e. The predicted molar refractivity (Wildman–Crippen MR) is 91.4 cm³/mol. The summed E-state index contributed by atoms with van der Waals surface area (Å²) in [7, 11) is 0. The van der Waals surface area contributed by atoms with E-state index in [2.05, 4.69) is 69.2 Å². The van der Waals surface area contributed by atoms with Crippen molar-refractivity contribution in [3.8, 4) is 0 Å². The molecule has 0 saturated heterocycles. The van der Waals surface area contributed by atoms with E-state index >= 15 is 0 Å². The molecule has 0 aliphatic carbocycles. The molecule has 0 saturated carbocycles.